The van der Waals surface area contributed by atoms with Crippen molar-refractivity contribution in [2.24, 2.45) is 0 Å². The zero-order valence-corrected chi connectivity index (χ0v) is 13.0. The van der Waals surface area contributed by atoms with Gasteiger partial charge < -0.3 is 5.32 Å². The second-order valence-electron chi connectivity index (χ2n) is 4.46. The molecule has 1 amide bonds. The van der Waals surface area contributed by atoms with Gasteiger partial charge in [-0.3, -0.25) is 4.79 Å². The lowest BCUT2D eigenvalue weighted by molar-refractivity contribution is -0.117. The van der Waals surface area contributed by atoms with Gasteiger partial charge in [-0.05, 0) is 46.1 Å². The van der Waals surface area contributed by atoms with E-state index < -0.39 is 17.4 Å². The number of carbonyl (C=O) groups excluding carboxylic acids is 1. The van der Waals surface area contributed by atoms with Gasteiger partial charge in [0, 0.05) is 5.69 Å². The normalized spacial score (nSPS) is 10.7. The first-order valence-electron chi connectivity index (χ1n) is 6.36. The predicted molar refractivity (Wildman–Crippen MR) is 83.5 cm³/mol. The third-order valence-electron chi connectivity index (χ3n) is 2.85. The summed E-state index contributed by atoms with van der Waals surface area (Å²) in [6.07, 6.45) is 0. The Kier molecular flexibility index (Phi) is 4.22. The summed E-state index contributed by atoms with van der Waals surface area (Å²) in [7, 11) is 0. The Morgan fingerprint density at radius 1 is 1.35 bits per heavy atom. The molecule has 0 unspecified atom stereocenters. The largest absolute Gasteiger partial charge is 0.369 e. The number of anilines is 1. The molecule has 10 heteroatoms. The number of halogens is 2. The first-order chi connectivity index (χ1) is 11.0. The zero-order valence-electron chi connectivity index (χ0n) is 11.4. The molecule has 0 spiro atoms. The van der Waals surface area contributed by atoms with Crippen molar-refractivity contribution >= 4 is 34.5 Å². The number of hydrogen-bond acceptors (Lipinski definition) is 5. The number of benzene rings is 1. The molecule has 7 nitrogen and oxygen atoms in total. The van der Waals surface area contributed by atoms with E-state index in [-0.39, 0.29) is 11.6 Å². The van der Waals surface area contributed by atoms with Gasteiger partial charge in [-0.1, -0.05) is 11.6 Å². The molecule has 1 N–H and O–H groups in total. The van der Waals surface area contributed by atoms with E-state index in [0.717, 1.165) is 15.4 Å². The van der Waals surface area contributed by atoms with Crippen LogP contribution in [0.2, 0.25) is 5.02 Å². The minimum absolute atomic E-state index is 0.108. The van der Waals surface area contributed by atoms with E-state index in [4.69, 9.17) is 11.6 Å². The van der Waals surface area contributed by atoms with Gasteiger partial charge in [-0.2, -0.15) is 9.36 Å². The molecule has 0 aliphatic rings. The van der Waals surface area contributed by atoms with Gasteiger partial charge >= 0.3 is 5.69 Å². The maximum absolute atomic E-state index is 13.1. The number of thiophene rings is 1. The lowest BCUT2D eigenvalue weighted by Crippen LogP contribution is -2.29. The fraction of sp³-hybridized carbons (Fsp3) is 0.0769. The first-order valence-corrected chi connectivity index (χ1v) is 7.62. The summed E-state index contributed by atoms with van der Waals surface area (Å²) in [5, 5.41) is 12.2. The number of carbonyl (C=O) groups is 1. The molecule has 118 valence electrons. The lowest BCUT2D eigenvalue weighted by atomic mass is 10.3. The third kappa shape index (κ3) is 3.30. The molecular weight excluding hydrogens is 345 g/mol. The molecule has 0 saturated heterocycles. The van der Waals surface area contributed by atoms with Gasteiger partial charge in [0.15, 0.2) is 0 Å². The second-order valence-corrected chi connectivity index (χ2v) is 5.79. The van der Waals surface area contributed by atoms with Crippen LogP contribution in [-0.4, -0.2) is 25.7 Å². The number of tetrazole rings is 1. The topological polar surface area (TPSA) is 81.8 Å². The molecule has 3 aromatic rings. The fourth-order valence-corrected chi connectivity index (χ4v) is 2.66. The van der Waals surface area contributed by atoms with E-state index in [9.17, 15) is 14.0 Å². The highest BCUT2D eigenvalue weighted by Crippen LogP contribution is 2.19. The predicted octanol–water partition coefficient (Wildman–Crippen LogP) is 1.92. The quantitative estimate of drug-likeness (QED) is 0.777. The Balaban J connectivity index is 1.73. The highest BCUT2D eigenvalue weighted by Gasteiger charge is 2.13. The third-order valence-corrected chi connectivity index (χ3v) is 3.98. The number of amides is 1. The van der Waals surface area contributed by atoms with Gasteiger partial charge in [-0.15, -0.1) is 11.3 Å². The average Bonchev–Trinajstić information content (AvgIpc) is 3.14. The van der Waals surface area contributed by atoms with Crippen LogP contribution in [0.3, 0.4) is 0 Å². The van der Waals surface area contributed by atoms with Gasteiger partial charge in [-0.25, -0.2) is 9.18 Å². The maximum Gasteiger partial charge on any atom is 0.369 e. The zero-order chi connectivity index (χ0) is 16.4. The maximum atomic E-state index is 13.1. The summed E-state index contributed by atoms with van der Waals surface area (Å²) in [5.74, 6) is -1.09. The molecule has 0 aliphatic heterocycles. The number of nitrogens with zero attached hydrogens (tertiary/aromatic N) is 4. The van der Waals surface area contributed by atoms with Crippen molar-refractivity contribution in [3.8, 4) is 5.00 Å². The molecule has 2 heterocycles. The second kappa shape index (κ2) is 6.31. The van der Waals surface area contributed by atoms with Crippen LogP contribution in [-0.2, 0) is 11.3 Å². The summed E-state index contributed by atoms with van der Waals surface area (Å²) in [5.41, 5.74) is -0.208. The van der Waals surface area contributed by atoms with Crippen molar-refractivity contribution in [2.75, 3.05) is 5.32 Å². The molecule has 0 bridgehead atoms. The van der Waals surface area contributed by atoms with Crippen LogP contribution in [0, 0.1) is 5.82 Å². The first kappa shape index (κ1) is 15.4. The summed E-state index contributed by atoms with van der Waals surface area (Å²) in [4.78, 5) is 24.1. The number of aromatic nitrogens is 4. The van der Waals surface area contributed by atoms with Crippen molar-refractivity contribution in [1.29, 1.82) is 0 Å². The Labute approximate surface area is 137 Å². The molecule has 2 aromatic heterocycles. The standard InChI is InChI=1S/C13H9ClFN5O2S/c14-9-6-8(3-4-10(9)15)16-11(21)7-19-13(22)20(18-17-19)12-2-1-5-23-12/h1-6H,7H2,(H,16,21). The molecule has 3 rings (SSSR count). The van der Waals surface area contributed by atoms with Crippen LogP contribution in [0.5, 0.6) is 0 Å². The van der Waals surface area contributed by atoms with Gasteiger partial charge in [0.25, 0.3) is 0 Å². The number of nitrogens with one attached hydrogen (secondary N) is 1. The summed E-state index contributed by atoms with van der Waals surface area (Å²) in [6, 6.07) is 7.27. The Hall–Kier alpha value is -2.52. The molecule has 23 heavy (non-hydrogen) atoms. The van der Waals surface area contributed by atoms with Gasteiger partial charge in [0.1, 0.15) is 17.4 Å². The van der Waals surface area contributed by atoms with Crippen LogP contribution in [0.15, 0.2) is 40.5 Å². The molecule has 1 aromatic carbocycles. The van der Waals surface area contributed by atoms with E-state index >= 15 is 0 Å². The Morgan fingerprint density at radius 2 is 2.17 bits per heavy atom. The molecule has 0 aliphatic carbocycles. The molecule has 0 atom stereocenters. The molecule has 0 radical (unpaired) electrons. The highest BCUT2D eigenvalue weighted by atomic mass is 35.5. The van der Waals surface area contributed by atoms with Crippen molar-refractivity contribution in [3.05, 3.63) is 57.0 Å². The number of hydrogen-bond donors (Lipinski definition) is 1. The Bertz CT molecular complexity index is 905. The molecule has 0 fully saturated rings. The van der Waals surface area contributed by atoms with Crippen LogP contribution in [0.1, 0.15) is 0 Å². The van der Waals surface area contributed by atoms with E-state index in [2.05, 4.69) is 15.7 Å². The van der Waals surface area contributed by atoms with Gasteiger partial charge in [0.2, 0.25) is 5.91 Å². The SMILES string of the molecule is O=C(Cn1nnn(-c2cccs2)c1=O)Nc1ccc(F)c(Cl)c1. The minimum atomic E-state index is -0.584. The van der Waals surface area contributed by atoms with E-state index in [1.54, 1.807) is 17.5 Å². The summed E-state index contributed by atoms with van der Waals surface area (Å²) < 4.78 is 15.1. The monoisotopic (exact) mass is 353 g/mol. The number of rotatable bonds is 4. The smallest absolute Gasteiger partial charge is 0.324 e. The molecular formula is C13H9ClFN5O2S. The van der Waals surface area contributed by atoms with Crippen molar-refractivity contribution in [1.82, 2.24) is 19.8 Å². The van der Waals surface area contributed by atoms with Crippen LogP contribution in [0.25, 0.3) is 5.00 Å². The fourth-order valence-electron chi connectivity index (χ4n) is 1.81. The Morgan fingerprint density at radius 3 is 2.87 bits per heavy atom. The van der Waals surface area contributed by atoms with Crippen LogP contribution in [0.4, 0.5) is 10.1 Å². The van der Waals surface area contributed by atoms with Crippen molar-refractivity contribution in [2.45, 2.75) is 6.54 Å². The van der Waals surface area contributed by atoms with Crippen molar-refractivity contribution < 1.29 is 9.18 Å². The molecule has 0 saturated carbocycles. The van der Waals surface area contributed by atoms with Crippen LogP contribution >= 0.6 is 22.9 Å². The van der Waals surface area contributed by atoms with Crippen LogP contribution < -0.4 is 11.0 Å². The summed E-state index contributed by atoms with van der Waals surface area (Å²) >= 11 is 6.96. The average molecular weight is 354 g/mol. The van der Waals surface area contributed by atoms with Gasteiger partial charge in [0.05, 0.1) is 5.02 Å². The summed E-state index contributed by atoms with van der Waals surface area (Å²) in [6.45, 7) is -0.320. The highest BCUT2D eigenvalue weighted by molar-refractivity contribution is 7.12. The van der Waals surface area contributed by atoms with E-state index in [0.29, 0.717) is 10.7 Å². The minimum Gasteiger partial charge on any atom is -0.324 e. The van der Waals surface area contributed by atoms with E-state index in [1.165, 1.54) is 23.5 Å². The van der Waals surface area contributed by atoms with E-state index in [1.807, 2.05) is 0 Å². The lowest BCUT2D eigenvalue weighted by Gasteiger charge is -2.05. The van der Waals surface area contributed by atoms with Crippen molar-refractivity contribution in [3.63, 3.8) is 0 Å².